The second-order valence-electron chi connectivity index (χ2n) is 5.27. The molecule has 0 spiro atoms. The molecule has 0 N–H and O–H groups in total. The first-order valence-corrected chi connectivity index (χ1v) is 7.31. The second kappa shape index (κ2) is 6.39. The van der Waals surface area contributed by atoms with Gasteiger partial charge in [0.05, 0.1) is 7.11 Å². The first kappa shape index (κ1) is 16.1. The molecule has 0 saturated heterocycles. The van der Waals surface area contributed by atoms with Crippen molar-refractivity contribution in [2.24, 2.45) is 0 Å². The van der Waals surface area contributed by atoms with Gasteiger partial charge in [0, 0.05) is 24.0 Å². The molecule has 1 heterocycles. The third-order valence-corrected chi connectivity index (χ3v) is 3.65. The highest BCUT2D eigenvalue weighted by Gasteiger charge is 2.37. The third-order valence-electron chi connectivity index (χ3n) is 3.65. The summed E-state index contributed by atoms with van der Waals surface area (Å²) in [5.74, 6) is -0.351. The van der Waals surface area contributed by atoms with Crippen LogP contribution in [0.4, 0.5) is 13.2 Å². The zero-order valence-corrected chi connectivity index (χ0v) is 12.9. The van der Waals surface area contributed by atoms with E-state index in [1.165, 1.54) is 13.3 Å². The number of hydrogen-bond acceptors (Lipinski definition) is 2. The molecule has 3 aromatic rings. The van der Waals surface area contributed by atoms with Gasteiger partial charge in [-0.05, 0) is 29.8 Å². The summed E-state index contributed by atoms with van der Waals surface area (Å²) in [5.41, 5.74) is 1.78. The standard InChI is InChI=1S/C18H15F3N2O/c1-24-16-9-7-14(8-10-16)23-15(11-13-5-3-2-4-6-13)12-22-17(23)18(19,20)21/h2-10,12H,11H2,1H3. The van der Waals surface area contributed by atoms with Gasteiger partial charge in [0.15, 0.2) is 0 Å². The van der Waals surface area contributed by atoms with Crippen molar-refractivity contribution in [3.63, 3.8) is 0 Å². The lowest BCUT2D eigenvalue weighted by molar-refractivity contribution is -0.146. The average Bonchev–Trinajstić information content (AvgIpc) is 3.00. The highest BCUT2D eigenvalue weighted by atomic mass is 19.4. The Morgan fingerprint density at radius 3 is 2.25 bits per heavy atom. The van der Waals surface area contributed by atoms with E-state index in [4.69, 9.17) is 4.74 Å². The Kier molecular flexibility index (Phi) is 4.29. The van der Waals surface area contributed by atoms with Gasteiger partial charge in [-0.3, -0.25) is 4.57 Å². The van der Waals surface area contributed by atoms with Gasteiger partial charge in [-0.15, -0.1) is 0 Å². The Balaban J connectivity index is 2.07. The Morgan fingerprint density at radius 1 is 1.00 bits per heavy atom. The maximum atomic E-state index is 13.3. The Labute approximate surface area is 137 Å². The van der Waals surface area contributed by atoms with Gasteiger partial charge in [-0.2, -0.15) is 13.2 Å². The molecule has 3 rings (SSSR count). The SMILES string of the molecule is COc1ccc(-n2c(Cc3ccccc3)cnc2C(F)(F)F)cc1. The van der Waals surface area contributed by atoms with E-state index in [1.54, 1.807) is 24.3 Å². The largest absolute Gasteiger partial charge is 0.497 e. The molecule has 124 valence electrons. The number of ether oxygens (including phenoxy) is 1. The summed E-state index contributed by atoms with van der Waals surface area (Å²) < 4.78 is 46.2. The Bertz CT molecular complexity index is 809. The van der Waals surface area contributed by atoms with E-state index in [9.17, 15) is 13.2 Å². The molecular weight excluding hydrogens is 317 g/mol. The zero-order valence-electron chi connectivity index (χ0n) is 12.9. The van der Waals surface area contributed by atoms with Gasteiger partial charge in [0.2, 0.25) is 5.82 Å². The maximum absolute atomic E-state index is 13.3. The number of halogens is 3. The predicted molar refractivity (Wildman–Crippen MR) is 84.4 cm³/mol. The molecule has 1 aromatic heterocycles. The number of imidazole rings is 1. The monoisotopic (exact) mass is 332 g/mol. The fourth-order valence-electron chi connectivity index (χ4n) is 2.54. The lowest BCUT2D eigenvalue weighted by Crippen LogP contribution is -2.15. The molecule has 3 nitrogen and oxygen atoms in total. The molecule has 0 bridgehead atoms. The van der Waals surface area contributed by atoms with Crippen molar-refractivity contribution in [1.82, 2.24) is 9.55 Å². The number of aromatic nitrogens is 2. The van der Waals surface area contributed by atoms with E-state index < -0.39 is 12.0 Å². The lowest BCUT2D eigenvalue weighted by Gasteiger charge is -2.14. The quantitative estimate of drug-likeness (QED) is 0.704. The number of alkyl halides is 3. The molecule has 6 heteroatoms. The van der Waals surface area contributed by atoms with E-state index in [2.05, 4.69) is 4.98 Å². The molecule has 0 atom stereocenters. The molecule has 0 radical (unpaired) electrons. The summed E-state index contributed by atoms with van der Waals surface area (Å²) >= 11 is 0. The van der Waals surface area contributed by atoms with Gasteiger partial charge in [0.1, 0.15) is 5.75 Å². The van der Waals surface area contributed by atoms with Crippen LogP contribution in [0.2, 0.25) is 0 Å². The van der Waals surface area contributed by atoms with Crippen LogP contribution in [0, 0.1) is 0 Å². The van der Waals surface area contributed by atoms with Crippen LogP contribution >= 0.6 is 0 Å². The molecule has 0 aliphatic carbocycles. The van der Waals surface area contributed by atoms with Crippen LogP contribution in [0.25, 0.3) is 5.69 Å². The van der Waals surface area contributed by atoms with Crippen molar-refractivity contribution in [3.8, 4) is 11.4 Å². The molecule has 0 fully saturated rings. The molecule has 0 saturated carbocycles. The minimum absolute atomic E-state index is 0.357. The topological polar surface area (TPSA) is 27.1 Å². The predicted octanol–water partition coefficient (Wildman–Crippen LogP) is 4.49. The minimum atomic E-state index is -4.53. The van der Waals surface area contributed by atoms with Gasteiger partial charge in [0.25, 0.3) is 0 Å². The van der Waals surface area contributed by atoms with Crippen LogP contribution in [0.1, 0.15) is 17.1 Å². The van der Waals surface area contributed by atoms with Crippen LogP contribution in [-0.2, 0) is 12.6 Å². The van der Waals surface area contributed by atoms with Gasteiger partial charge >= 0.3 is 6.18 Å². The first-order chi connectivity index (χ1) is 11.5. The maximum Gasteiger partial charge on any atom is 0.450 e. The average molecular weight is 332 g/mol. The molecular formula is C18H15F3N2O. The first-order valence-electron chi connectivity index (χ1n) is 7.31. The normalized spacial score (nSPS) is 11.5. The smallest absolute Gasteiger partial charge is 0.450 e. The highest BCUT2D eigenvalue weighted by molar-refractivity contribution is 5.41. The highest BCUT2D eigenvalue weighted by Crippen LogP contribution is 2.32. The molecule has 0 unspecified atom stereocenters. The lowest BCUT2D eigenvalue weighted by atomic mass is 10.1. The number of nitrogens with zero attached hydrogens (tertiary/aromatic N) is 2. The van der Waals surface area contributed by atoms with E-state index >= 15 is 0 Å². The molecule has 0 aliphatic rings. The van der Waals surface area contributed by atoms with E-state index in [0.717, 1.165) is 10.1 Å². The van der Waals surface area contributed by atoms with Gasteiger partial charge in [-0.1, -0.05) is 30.3 Å². The zero-order chi connectivity index (χ0) is 17.2. The summed E-state index contributed by atoms with van der Waals surface area (Å²) in [6.45, 7) is 0. The van der Waals surface area contributed by atoms with E-state index in [0.29, 0.717) is 23.6 Å². The van der Waals surface area contributed by atoms with Crippen LogP contribution in [0.5, 0.6) is 5.75 Å². The molecule has 2 aromatic carbocycles. The van der Waals surface area contributed by atoms with Crippen LogP contribution in [-0.4, -0.2) is 16.7 Å². The van der Waals surface area contributed by atoms with E-state index in [-0.39, 0.29) is 0 Å². The van der Waals surface area contributed by atoms with Crippen molar-refractivity contribution in [2.75, 3.05) is 7.11 Å². The van der Waals surface area contributed by atoms with Crippen molar-refractivity contribution in [2.45, 2.75) is 12.6 Å². The summed E-state index contributed by atoms with van der Waals surface area (Å²) in [6, 6.07) is 15.8. The summed E-state index contributed by atoms with van der Waals surface area (Å²) in [7, 11) is 1.51. The number of benzene rings is 2. The van der Waals surface area contributed by atoms with Crippen molar-refractivity contribution in [1.29, 1.82) is 0 Å². The minimum Gasteiger partial charge on any atom is -0.497 e. The second-order valence-corrected chi connectivity index (χ2v) is 5.27. The molecule has 24 heavy (non-hydrogen) atoms. The molecule has 0 aliphatic heterocycles. The fourth-order valence-corrected chi connectivity index (χ4v) is 2.54. The summed E-state index contributed by atoms with van der Waals surface area (Å²) in [6.07, 6.45) is -2.90. The Morgan fingerprint density at radius 2 is 1.67 bits per heavy atom. The van der Waals surface area contributed by atoms with E-state index in [1.807, 2.05) is 30.3 Å². The number of rotatable bonds is 4. The van der Waals surface area contributed by atoms with Gasteiger partial charge in [-0.25, -0.2) is 4.98 Å². The fraction of sp³-hybridized carbons (Fsp3) is 0.167. The number of methoxy groups -OCH3 is 1. The third kappa shape index (κ3) is 3.27. The van der Waals surface area contributed by atoms with Crippen molar-refractivity contribution >= 4 is 0 Å². The summed E-state index contributed by atoms with van der Waals surface area (Å²) in [4.78, 5) is 3.61. The van der Waals surface area contributed by atoms with Crippen molar-refractivity contribution < 1.29 is 17.9 Å². The van der Waals surface area contributed by atoms with Gasteiger partial charge < -0.3 is 4.74 Å². The van der Waals surface area contributed by atoms with Crippen molar-refractivity contribution in [3.05, 3.63) is 77.9 Å². The Hall–Kier alpha value is -2.76. The van der Waals surface area contributed by atoms with Crippen LogP contribution in [0.3, 0.4) is 0 Å². The van der Waals surface area contributed by atoms with Crippen LogP contribution in [0.15, 0.2) is 60.8 Å². The number of hydrogen-bond donors (Lipinski definition) is 0. The van der Waals surface area contributed by atoms with Crippen LogP contribution < -0.4 is 4.74 Å². The molecule has 0 amide bonds. The summed E-state index contributed by atoms with van der Waals surface area (Å²) in [5, 5.41) is 0.